The molecule has 2 rings (SSSR count). The van der Waals surface area contributed by atoms with E-state index < -0.39 is 11.6 Å². The summed E-state index contributed by atoms with van der Waals surface area (Å²) in [6, 6.07) is 10.1. The predicted octanol–water partition coefficient (Wildman–Crippen LogP) is 4.20. The summed E-state index contributed by atoms with van der Waals surface area (Å²) >= 11 is 0. The SMILES string of the molecule is CCOc1ccc(C(=O)N(C)C(C)c2ccc(F)c(F)c2)cc1. The van der Waals surface area contributed by atoms with Crippen molar-refractivity contribution >= 4 is 5.91 Å². The number of halogens is 2. The van der Waals surface area contributed by atoms with E-state index in [4.69, 9.17) is 4.74 Å². The van der Waals surface area contributed by atoms with Crippen LogP contribution in [0.15, 0.2) is 42.5 Å². The Hall–Kier alpha value is -2.43. The topological polar surface area (TPSA) is 29.5 Å². The molecular weight excluding hydrogens is 300 g/mol. The molecule has 122 valence electrons. The van der Waals surface area contributed by atoms with E-state index in [0.717, 1.165) is 12.1 Å². The van der Waals surface area contributed by atoms with Crippen LogP contribution in [0.3, 0.4) is 0 Å². The maximum absolute atomic E-state index is 13.4. The summed E-state index contributed by atoms with van der Waals surface area (Å²) in [7, 11) is 1.63. The molecule has 5 heteroatoms. The van der Waals surface area contributed by atoms with Gasteiger partial charge in [-0.2, -0.15) is 0 Å². The summed E-state index contributed by atoms with van der Waals surface area (Å²) < 4.78 is 31.7. The third-order valence-corrected chi connectivity index (χ3v) is 3.74. The van der Waals surface area contributed by atoms with E-state index >= 15 is 0 Å². The summed E-state index contributed by atoms with van der Waals surface area (Å²) in [6.07, 6.45) is 0. The van der Waals surface area contributed by atoms with Crippen LogP contribution in [0.5, 0.6) is 5.75 Å². The Balaban J connectivity index is 2.15. The molecule has 3 nitrogen and oxygen atoms in total. The van der Waals surface area contributed by atoms with Gasteiger partial charge in [0.1, 0.15) is 5.75 Å². The molecule has 1 atom stereocenters. The second kappa shape index (κ2) is 7.22. The molecule has 0 bridgehead atoms. The zero-order chi connectivity index (χ0) is 17.0. The molecule has 0 aliphatic heterocycles. The number of ether oxygens (including phenoxy) is 1. The molecule has 2 aromatic rings. The number of carbonyl (C=O) groups excluding carboxylic acids is 1. The molecule has 0 fully saturated rings. The lowest BCUT2D eigenvalue weighted by atomic mass is 10.1. The zero-order valence-electron chi connectivity index (χ0n) is 13.3. The number of amides is 1. The van der Waals surface area contributed by atoms with Crippen LogP contribution in [0.4, 0.5) is 8.78 Å². The molecule has 1 amide bonds. The van der Waals surface area contributed by atoms with E-state index in [1.165, 1.54) is 11.0 Å². The van der Waals surface area contributed by atoms with E-state index in [0.29, 0.717) is 23.5 Å². The van der Waals surface area contributed by atoms with Gasteiger partial charge in [-0.25, -0.2) is 8.78 Å². The monoisotopic (exact) mass is 319 g/mol. The van der Waals surface area contributed by atoms with Crippen LogP contribution < -0.4 is 4.74 Å². The highest BCUT2D eigenvalue weighted by molar-refractivity contribution is 5.94. The Bertz CT molecular complexity index is 686. The molecule has 0 heterocycles. The Kier molecular flexibility index (Phi) is 5.32. The Morgan fingerprint density at radius 1 is 1.13 bits per heavy atom. The minimum atomic E-state index is -0.920. The van der Waals surface area contributed by atoms with Crippen molar-refractivity contribution in [2.45, 2.75) is 19.9 Å². The Labute approximate surface area is 134 Å². The van der Waals surface area contributed by atoms with Crippen LogP contribution in [-0.4, -0.2) is 24.5 Å². The van der Waals surface area contributed by atoms with Crippen molar-refractivity contribution in [1.29, 1.82) is 0 Å². The van der Waals surface area contributed by atoms with Gasteiger partial charge in [0.05, 0.1) is 12.6 Å². The van der Waals surface area contributed by atoms with Crippen molar-refractivity contribution in [2.24, 2.45) is 0 Å². The van der Waals surface area contributed by atoms with E-state index in [2.05, 4.69) is 0 Å². The highest BCUT2D eigenvalue weighted by Crippen LogP contribution is 2.23. The Morgan fingerprint density at radius 2 is 1.78 bits per heavy atom. The van der Waals surface area contributed by atoms with E-state index in [9.17, 15) is 13.6 Å². The van der Waals surface area contributed by atoms with Crippen LogP contribution in [0.1, 0.15) is 35.8 Å². The molecule has 0 aliphatic carbocycles. The van der Waals surface area contributed by atoms with Crippen molar-refractivity contribution in [3.05, 3.63) is 65.2 Å². The second-order valence-electron chi connectivity index (χ2n) is 5.22. The molecule has 2 aromatic carbocycles. The van der Waals surface area contributed by atoms with Crippen LogP contribution in [0.2, 0.25) is 0 Å². The zero-order valence-corrected chi connectivity index (χ0v) is 13.3. The van der Waals surface area contributed by atoms with Crippen LogP contribution in [-0.2, 0) is 0 Å². The summed E-state index contributed by atoms with van der Waals surface area (Å²) in [5.41, 5.74) is 1.04. The highest BCUT2D eigenvalue weighted by atomic mass is 19.2. The van der Waals surface area contributed by atoms with Gasteiger partial charge in [0, 0.05) is 12.6 Å². The van der Waals surface area contributed by atoms with Gasteiger partial charge in [-0.3, -0.25) is 4.79 Å². The summed E-state index contributed by atoms with van der Waals surface area (Å²) in [6.45, 7) is 4.20. The average Bonchev–Trinajstić information content (AvgIpc) is 2.56. The number of nitrogens with zero attached hydrogens (tertiary/aromatic N) is 1. The fraction of sp³-hybridized carbons (Fsp3) is 0.278. The van der Waals surface area contributed by atoms with Crippen molar-refractivity contribution in [2.75, 3.05) is 13.7 Å². The lowest BCUT2D eigenvalue weighted by Crippen LogP contribution is -2.29. The fourth-order valence-corrected chi connectivity index (χ4v) is 2.24. The first-order valence-electron chi connectivity index (χ1n) is 7.39. The van der Waals surface area contributed by atoms with Gasteiger partial charge < -0.3 is 9.64 Å². The maximum atomic E-state index is 13.4. The van der Waals surface area contributed by atoms with Gasteiger partial charge in [0.2, 0.25) is 0 Å². The maximum Gasteiger partial charge on any atom is 0.254 e. The average molecular weight is 319 g/mol. The minimum Gasteiger partial charge on any atom is -0.494 e. The van der Waals surface area contributed by atoms with Crippen LogP contribution in [0.25, 0.3) is 0 Å². The molecule has 0 spiro atoms. The highest BCUT2D eigenvalue weighted by Gasteiger charge is 2.20. The second-order valence-corrected chi connectivity index (χ2v) is 5.22. The van der Waals surface area contributed by atoms with Crippen molar-refractivity contribution < 1.29 is 18.3 Å². The summed E-state index contributed by atoms with van der Waals surface area (Å²) in [4.78, 5) is 14.0. The van der Waals surface area contributed by atoms with E-state index in [1.807, 2.05) is 6.92 Å². The largest absolute Gasteiger partial charge is 0.494 e. The third-order valence-electron chi connectivity index (χ3n) is 3.74. The van der Waals surface area contributed by atoms with Crippen molar-refractivity contribution in [3.63, 3.8) is 0 Å². The predicted molar refractivity (Wildman–Crippen MR) is 84.5 cm³/mol. The Morgan fingerprint density at radius 3 is 2.35 bits per heavy atom. The van der Waals surface area contributed by atoms with E-state index in [1.54, 1.807) is 38.2 Å². The van der Waals surface area contributed by atoms with Crippen LogP contribution in [0, 0.1) is 11.6 Å². The van der Waals surface area contributed by atoms with Gasteiger partial charge in [0.15, 0.2) is 11.6 Å². The molecule has 0 saturated heterocycles. The van der Waals surface area contributed by atoms with Crippen molar-refractivity contribution in [3.8, 4) is 5.75 Å². The lowest BCUT2D eigenvalue weighted by Gasteiger charge is -2.25. The smallest absolute Gasteiger partial charge is 0.254 e. The fourth-order valence-electron chi connectivity index (χ4n) is 2.24. The number of rotatable bonds is 5. The van der Waals surface area contributed by atoms with E-state index in [-0.39, 0.29) is 11.9 Å². The van der Waals surface area contributed by atoms with Gasteiger partial charge in [-0.05, 0) is 55.8 Å². The molecule has 1 unspecified atom stereocenters. The van der Waals surface area contributed by atoms with Crippen molar-refractivity contribution in [1.82, 2.24) is 4.90 Å². The molecule has 0 aliphatic rings. The number of benzene rings is 2. The first-order chi connectivity index (χ1) is 10.9. The number of hydrogen-bond donors (Lipinski definition) is 0. The first-order valence-corrected chi connectivity index (χ1v) is 7.39. The lowest BCUT2D eigenvalue weighted by molar-refractivity contribution is 0.0742. The quantitative estimate of drug-likeness (QED) is 0.827. The molecule has 0 N–H and O–H groups in total. The number of hydrogen-bond acceptors (Lipinski definition) is 2. The third kappa shape index (κ3) is 3.86. The molecule has 0 saturated carbocycles. The van der Waals surface area contributed by atoms with Gasteiger partial charge in [-0.15, -0.1) is 0 Å². The molecule has 0 aromatic heterocycles. The van der Waals surface area contributed by atoms with Gasteiger partial charge in [-0.1, -0.05) is 6.07 Å². The van der Waals surface area contributed by atoms with Gasteiger partial charge >= 0.3 is 0 Å². The molecule has 23 heavy (non-hydrogen) atoms. The standard InChI is InChI=1S/C18H19F2NO2/c1-4-23-15-8-5-13(6-9-15)18(22)21(3)12(2)14-7-10-16(19)17(20)11-14/h5-12H,4H2,1-3H3. The van der Waals surface area contributed by atoms with Crippen LogP contribution >= 0.6 is 0 Å². The summed E-state index contributed by atoms with van der Waals surface area (Å²) in [5.74, 6) is -1.33. The summed E-state index contributed by atoms with van der Waals surface area (Å²) in [5, 5.41) is 0. The normalized spacial score (nSPS) is 11.9. The minimum absolute atomic E-state index is 0.203. The van der Waals surface area contributed by atoms with Gasteiger partial charge in [0.25, 0.3) is 5.91 Å². The number of carbonyl (C=O) groups is 1. The molecule has 0 radical (unpaired) electrons. The molecular formula is C18H19F2NO2. The first kappa shape index (κ1) is 16.9.